The molecular formula is C22H20N4O3S2. The lowest BCUT2D eigenvalue weighted by atomic mass is 10.2. The average molecular weight is 453 g/mol. The molecule has 0 bridgehead atoms. The van der Waals surface area contributed by atoms with Crippen LogP contribution in [0, 0.1) is 6.92 Å². The van der Waals surface area contributed by atoms with Gasteiger partial charge in [-0.1, -0.05) is 31.3 Å². The molecule has 0 atom stereocenters. The number of aryl methyl sites for hydroxylation is 1. The van der Waals surface area contributed by atoms with Crippen LogP contribution in [0.15, 0.2) is 47.4 Å². The maximum absolute atomic E-state index is 12.9. The van der Waals surface area contributed by atoms with Crippen LogP contribution in [-0.4, -0.2) is 32.7 Å². The van der Waals surface area contributed by atoms with Crippen LogP contribution in [0.3, 0.4) is 0 Å². The first-order valence-corrected chi connectivity index (χ1v) is 11.5. The first kappa shape index (κ1) is 19.9. The molecule has 0 radical (unpaired) electrons. The summed E-state index contributed by atoms with van der Waals surface area (Å²) in [5, 5.41) is 8.63. The van der Waals surface area contributed by atoms with Crippen molar-refractivity contribution in [2.24, 2.45) is 0 Å². The third-order valence-corrected chi connectivity index (χ3v) is 6.59. The highest BCUT2D eigenvalue weighted by Crippen LogP contribution is 2.39. The van der Waals surface area contributed by atoms with Gasteiger partial charge in [-0.3, -0.25) is 4.79 Å². The fraction of sp³-hybridized carbons (Fsp3) is 0.227. The Balaban J connectivity index is 1.45. The van der Waals surface area contributed by atoms with E-state index < -0.39 is 0 Å². The van der Waals surface area contributed by atoms with Crippen molar-refractivity contribution in [2.45, 2.75) is 30.9 Å². The number of rotatable bonds is 5. The van der Waals surface area contributed by atoms with E-state index in [1.165, 1.54) is 11.3 Å². The molecule has 9 heteroatoms. The molecule has 4 aromatic rings. The fourth-order valence-corrected chi connectivity index (χ4v) is 5.14. The van der Waals surface area contributed by atoms with E-state index >= 15 is 0 Å². The summed E-state index contributed by atoms with van der Waals surface area (Å²) < 4.78 is 13.5. The number of thioether (sulfide) groups is 1. The Kier molecular flexibility index (Phi) is 5.07. The van der Waals surface area contributed by atoms with Crippen molar-refractivity contribution >= 4 is 45.0 Å². The highest BCUT2D eigenvalue weighted by atomic mass is 32.2. The number of nitrogens with one attached hydrogen (secondary N) is 1. The standard InChI is InChI=1S/C22H20N4O3S2/c1-12(2)30-15-6-4-5-14(8-15)21(27)24-20-7-13(3)25-26(20)22-23-16-9-17-18(29-11-28-17)10-19(16)31-22/h4-10,12H,11H2,1-3H3,(H,24,27). The van der Waals surface area contributed by atoms with Gasteiger partial charge in [-0.25, -0.2) is 4.98 Å². The predicted octanol–water partition coefficient (Wildman–Crippen LogP) is 5.27. The molecule has 2 aromatic heterocycles. The van der Waals surface area contributed by atoms with Gasteiger partial charge in [-0.15, -0.1) is 11.8 Å². The largest absolute Gasteiger partial charge is 0.454 e. The van der Waals surface area contributed by atoms with Gasteiger partial charge in [0.05, 0.1) is 15.9 Å². The van der Waals surface area contributed by atoms with Gasteiger partial charge in [0.25, 0.3) is 5.91 Å². The summed E-state index contributed by atoms with van der Waals surface area (Å²) in [6, 6.07) is 13.3. The number of thiazole rings is 1. The zero-order chi connectivity index (χ0) is 21.5. The van der Waals surface area contributed by atoms with Gasteiger partial charge in [0, 0.05) is 33.9 Å². The third-order valence-electron chi connectivity index (χ3n) is 4.59. The highest BCUT2D eigenvalue weighted by Gasteiger charge is 2.19. The van der Waals surface area contributed by atoms with E-state index in [1.807, 2.05) is 49.4 Å². The second-order valence-corrected chi connectivity index (χ2v) is 10.1. The molecule has 0 fully saturated rings. The number of amides is 1. The first-order valence-electron chi connectivity index (χ1n) is 9.81. The maximum Gasteiger partial charge on any atom is 0.256 e. The molecule has 1 amide bonds. The van der Waals surface area contributed by atoms with Crippen molar-refractivity contribution in [1.29, 1.82) is 0 Å². The van der Waals surface area contributed by atoms with Crippen LogP contribution < -0.4 is 14.8 Å². The van der Waals surface area contributed by atoms with Crippen molar-refractivity contribution in [1.82, 2.24) is 14.8 Å². The number of anilines is 1. The summed E-state index contributed by atoms with van der Waals surface area (Å²) in [7, 11) is 0. The first-order chi connectivity index (χ1) is 15.0. The molecule has 3 heterocycles. The summed E-state index contributed by atoms with van der Waals surface area (Å²) in [6.45, 7) is 6.37. The zero-order valence-electron chi connectivity index (χ0n) is 17.2. The van der Waals surface area contributed by atoms with E-state index in [0.29, 0.717) is 33.3 Å². The van der Waals surface area contributed by atoms with Crippen molar-refractivity contribution < 1.29 is 14.3 Å². The van der Waals surface area contributed by atoms with Crippen LogP contribution in [0.2, 0.25) is 0 Å². The van der Waals surface area contributed by atoms with Gasteiger partial charge in [-0.2, -0.15) is 9.78 Å². The molecule has 0 spiro atoms. The van der Waals surface area contributed by atoms with Crippen LogP contribution in [0.25, 0.3) is 15.3 Å². The van der Waals surface area contributed by atoms with Crippen LogP contribution in [-0.2, 0) is 0 Å². The van der Waals surface area contributed by atoms with Gasteiger partial charge in [0.2, 0.25) is 11.9 Å². The van der Waals surface area contributed by atoms with Gasteiger partial charge in [0.1, 0.15) is 5.82 Å². The minimum absolute atomic E-state index is 0.186. The third kappa shape index (κ3) is 3.98. The number of ether oxygens (including phenoxy) is 2. The van der Waals surface area contributed by atoms with E-state index in [9.17, 15) is 4.79 Å². The van der Waals surface area contributed by atoms with Gasteiger partial charge in [-0.05, 0) is 25.1 Å². The van der Waals surface area contributed by atoms with Crippen LogP contribution in [0.4, 0.5) is 5.82 Å². The highest BCUT2D eigenvalue weighted by molar-refractivity contribution is 7.99. The number of benzene rings is 2. The molecule has 7 nitrogen and oxygen atoms in total. The number of carbonyl (C=O) groups is 1. The molecule has 5 rings (SSSR count). The molecule has 2 aromatic carbocycles. The Morgan fingerprint density at radius 2 is 2.00 bits per heavy atom. The average Bonchev–Trinajstić information content (AvgIpc) is 3.43. The number of fused-ring (bicyclic) bond motifs is 2. The molecule has 1 aliphatic rings. The van der Waals surface area contributed by atoms with Crippen molar-refractivity contribution in [2.75, 3.05) is 12.1 Å². The summed E-state index contributed by atoms with van der Waals surface area (Å²) in [5.41, 5.74) is 2.19. The molecule has 0 saturated carbocycles. The monoisotopic (exact) mass is 452 g/mol. The predicted molar refractivity (Wildman–Crippen MR) is 123 cm³/mol. The quantitative estimate of drug-likeness (QED) is 0.416. The minimum atomic E-state index is -0.186. The second-order valence-electron chi connectivity index (χ2n) is 7.40. The van der Waals surface area contributed by atoms with Crippen LogP contribution in [0.5, 0.6) is 11.5 Å². The zero-order valence-corrected chi connectivity index (χ0v) is 18.8. The molecule has 0 saturated heterocycles. The molecular weight excluding hydrogens is 432 g/mol. The van der Waals surface area contributed by atoms with E-state index in [4.69, 9.17) is 14.5 Å². The number of hydrogen-bond donors (Lipinski definition) is 1. The van der Waals surface area contributed by atoms with Crippen molar-refractivity contribution in [3.63, 3.8) is 0 Å². The van der Waals surface area contributed by atoms with Gasteiger partial charge in [0.15, 0.2) is 11.5 Å². The van der Waals surface area contributed by atoms with Crippen molar-refractivity contribution in [3.8, 4) is 16.6 Å². The SMILES string of the molecule is Cc1cc(NC(=O)c2cccc(SC(C)C)c2)n(-c2nc3cc4c(cc3s2)OCO4)n1. The second kappa shape index (κ2) is 7.90. The number of hydrogen-bond acceptors (Lipinski definition) is 7. The number of aromatic nitrogens is 3. The number of nitrogens with zero attached hydrogens (tertiary/aromatic N) is 3. The van der Waals surface area contributed by atoms with E-state index in [-0.39, 0.29) is 12.7 Å². The Labute approximate surface area is 187 Å². The van der Waals surface area contributed by atoms with E-state index in [1.54, 1.807) is 16.4 Å². The Bertz CT molecular complexity index is 1250. The summed E-state index contributed by atoms with van der Waals surface area (Å²) in [5.74, 6) is 1.79. The molecule has 0 aliphatic carbocycles. The maximum atomic E-state index is 12.9. The van der Waals surface area contributed by atoms with E-state index in [0.717, 1.165) is 20.8 Å². The molecule has 31 heavy (non-hydrogen) atoms. The fourth-order valence-electron chi connectivity index (χ4n) is 3.30. The Hall–Kier alpha value is -3.04. The van der Waals surface area contributed by atoms with Gasteiger partial charge >= 0.3 is 0 Å². The normalized spacial score (nSPS) is 12.6. The summed E-state index contributed by atoms with van der Waals surface area (Å²) in [6.07, 6.45) is 0. The summed E-state index contributed by atoms with van der Waals surface area (Å²) in [4.78, 5) is 18.7. The van der Waals surface area contributed by atoms with Gasteiger partial charge < -0.3 is 14.8 Å². The lowest BCUT2D eigenvalue weighted by molar-refractivity contribution is 0.102. The Morgan fingerprint density at radius 3 is 2.81 bits per heavy atom. The molecule has 1 N–H and O–H groups in total. The molecule has 158 valence electrons. The topological polar surface area (TPSA) is 78.3 Å². The van der Waals surface area contributed by atoms with E-state index in [2.05, 4.69) is 24.3 Å². The van der Waals surface area contributed by atoms with Crippen molar-refractivity contribution in [3.05, 3.63) is 53.7 Å². The summed E-state index contributed by atoms with van der Waals surface area (Å²) >= 11 is 3.20. The number of carbonyl (C=O) groups excluding carboxylic acids is 1. The van der Waals surface area contributed by atoms with Crippen LogP contribution >= 0.6 is 23.1 Å². The smallest absolute Gasteiger partial charge is 0.256 e. The van der Waals surface area contributed by atoms with Crippen LogP contribution in [0.1, 0.15) is 29.9 Å². The molecule has 0 unspecified atom stereocenters. The lowest BCUT2D eigenvalue weighted by Crippen LogP contribution is -2.15. The Morgan fingerprint density at radius 1 is 1.19 bits per heavy atom. The minimum Gasteiger partial charge on any atom is -0.454 e. The lowest BCUT2D eigenvalue weighted by Gasteiger charge is -2.09. The molecule has 1 aliphatic heterocycles.